The topological polar surface area (TPSA) is 97.9 Å². The second-order valence-corrected chi connectivity index (χ2v) is 8.53. The highest BCUT2D eigenvalue weighted by Gasteiger charge is 2.32. The SMILES string of the molecule is Cc1cc2cc(C(=O)N(Cc3ccc(C(F)(F)F)cn3)[C@H]3C=CCc4nccnc43)ccc2nc1N. The average Bonchev–Trinajstić information content (AvgIpc) is 2.87. The monoisotopic (exact) mass is 490 g/mol. The maximum atomic E-state index is 13.9. The number of pyridine rings is 2. The van der Waals surface area contributed by atoms with Gasteiger partial charge in [0.2, 0.25) is 0 Å². The van der Waals surface area contributed by atoms with Gasteiger partial charge >= 0.3 is 6.18 Å². The van der Waals surface area contributed by atoms with E-state index in [1.54, 1.807) is 30.6 Å². The number of rotatable bonds is 4. The van der Waals surface area contributed by atoms with E-state index in [-0.39, 0.29) is 12.5 Å². The number of halogens is 3. The first-order chi connectivity index (χ1) is 17.2. The zero-order valence-electron chi connectivity index (χ0n) is 19.2. The smallest absolute Gasteiger partial charge is 0.383 e. The van der Waals surface area contributed by atoms with Crippen LogP contribution in [0.4, 0.5) is 19.0 Å². The third-order valence-electron chi connectivity index (χ3n) is 6.09. The van der Waals surface area contributed by atoms with Crippen LogP contribution in [-0.4, -0.2) is 30.7 Å². The van der Waals surface area contributed by atoms with Gasteiger partial charge in [0.05, 0.1) is 40.7 Å². The van der Waals surface area contributed by atoms with Crippen molar-refractivity contribution in [3.8, 4) is 0 Å². The summed E-state index contributed by atoms with van der Waals surface area (Å²) in [6, 6.07) is 8.64. The van der Waals surface area contributed by atoms with Crippen LogP contribution in [0.25, 0.3) is 10.9 Å². The summed E-state index contributed by atoms with van der Waals surface area (Å²) in [5.41, 5.74) is 8.56. The van der Waals surface area contributed by atoms with Crippen molar-refractivity contribution < 1.29 is 18.0 Å². The number of hydrogen-bond acceptors (Lipinski definition) is 6. The van der Waals surface area contributed by atoms with Gasteiger partial charge in [0.15, 0.2) is 0 Å². The van der Waals surface area contributed by atoms with Gasteiger partial charge in [0.1, 0.15) is 5.82 Å². The third kappa shape index (κ3) is 4.49. The summed E-state index contributed by atoms with van der Waals surface area (Å²) < 4.78 is 39.1. The predicted molar refractivity (Wildman–Crippen MR) is 128 cm³/mol. The summed E-state index contributed by atoms with van der Waals surface area (Å²) in [6.45, 7) is 1.81. The van der Waals surface area contributed by atoms with Crippen LogP contribution in [0.1, 0.15) is 44.6 Å². The van der Waals surface area contributed by atoms with Crippen molar-refractivity contribution in [1.82, 2.24) is 24.8 Å². The van der Waals surface area contributed by atoms with Gasteiger partial charge in [0, 0.05) is 36.0 Å². The molecular formula is C26H21F3N6O. The normalized spacial score (nSPS) is 15.1. The van der Waals surface area contributed by atoms with Crippen molar-refractivity contribution in [2.45, 2.75) is 32.1 Å². The van der Waals surface area contributed by atoms with Gasteiger partial charge in [0.25, 0.3) is 5.91 Å². The lowest BCUT2D eigenvalue weighted by Gasteiger charge is -2.32. The summed E-state index contributed by atoms with van der Waals surface area (Å²) in [7, 11) is 0. The summed E-state index contributed by atoms with van der Waals surface area (Å²) in [5.74, 6) is 0.0836. The minimum absolute atomic E-state index is 0.0287. The third-order valence-corrected chi connectivity index (χ3v) is 6.09. The van der Waals surface area contributed by atoms with Crippen molar-refractivity contribution in [2.24, 2.45) is 0 Å². The molecule has 1 amide bonds. The average molecular weight is 490 g/mol. The molecule has 1 aliphatic carbocycles. The molecule has 0 fully saturated rings. The van der Waals surface area contributed by atoms with E-state index in [4.69, 9.17) is 5.73 Å². The zero-order valence-corrected chi connectivity index (χ0v) is 19.2. The van der Waals surface area contributed by atoms with Gasteiger partial charge in [-0.15, -0.1) is 0 Å². The van der Waals surface area contributed by atoms with E-state index in [0.29, 0.717) is 34.7 Å². The van der Waals surface area contributed by atoms with Crippen LogP contribution < -0.4 is 5.73 Å². The number of nitrogens with zero attached hydrogens (tertiary/aromatic N) is 5. The molecule has 0 radical (unpaired) electrons. The quantitative estimate of drug-likeness (QED) is 0.412. The van der Waals surface area contributed by atoms with Gasteiger partial charge in [-0.2, -0.15) is 13.2 Å². The molecule has 5 rings (SSSR count). The Morgan fingerprint density at radius 2 is 1.92 bits per heavy atom. The lowest BCUT2D eigenvalue weighted by atomic mass is 9.99. The number of carbonyl (C=O) groups excluding carboxylic acids is 1. The lowest BCUT2D eigenvalue weighted by molar-refractivity contribution is -0.137. The number of allylic oxidation sites excluding steroid dienone is 1. The fourth-order valence-corrected chi connectivity index (χ4v) is 4.19. The molecule has 7 nitrogen and oxygen atoms in total. The molecule has 2 N–H and O–H groups in total. The van der Waals surface area contributed by atoms with Crippen molar-refractivity contribution >= 4 is 22.6 Å². The summed E-state index contributed by atoms with van der Waals surface area (Å²) in [6.07, 6.45) is 3.75. The van der Waals surface area contributed by atoms with Gasteiger partial charge in [-0.05, 0) is 48.9 Å². The molecule has 3 heterocycles. The van der Waals surface area contributed by atoms with E-state index in [9.17, 15) is 18.0 Å². The molecule has 0 bridgehead atoms. The van der Waals surface area contributed by atoms with Crippen LogP contribution in [0.5, 0.6) is 0 Å². The van der Waals surface area contributed by atoms with E-state index in [2.05, 4.69) is 19.9 Å². The maximum Gasteiger partial charge on any atom is 0.417 e. The predicted octanol–water partition coefficient (Wildman–Crippen LogP) is 4.83. The number of carbonyl (C=O) groups is 1. The molecule has 1 atom stereocenters. The number of aromatic nitrogens is 4. The van der Waals surface area contributed by atoms with Crippen LogP contribution in [0.15, 0.2) is 67.1 Å². The molecule has 0 spiro atoms. The molecule has 0 saturated heterocycles. The second kappa shape index (κ2) is 9.03. The largest absolute Gasteiger partial charge is 0.417 e. The van der Waals surface area contributed by atoms with Crippen LogP contribution in [0, 0.1) is 6.92 Å². The van der Waals surface area contributed by atoms with E-state index in [0.717, 1.165) is 28.9 Å². The number of nitrogens with two attached hydrogens (primary N) is 1. The van der Waals surface area contributed by atoms with E-state index in [1.807, 2.05) is 25.1 Å². The van der Waals surface area contributed by atoms with Crippen LogP contribution in [0.3, 0.4) is 0 Å². The minimum atomic E-state index is -4.50. The highest BCUT2D eigenvalue weighted by atomic mass is 19.4. The van der Waals surface area contributed by atoms with Crippen LogP contribution in [0.2, 0.25) is 0 Å². The van der Waals surface area contributed by atoms with Gasteiger partial charge in [-0.3, -0.25) is 19.7 Å². The summed E-state index contributed by atoms with van der Waals surface area (Å²) in [5, 5.41) is 0.750. The van der Waals surface area contributed by atoms with Crippen molar-refractivity contribution in [3.63, 3.8) is 0 Å². The number of alkyl halides is 3. The Labute approximate surface area is 204 Å². The first-order valence-electron chi connectivity index (χ1n) is 11.2. The Bertz CT molecular complexity index is 1480. The molecule has 0 saturated carbocycles. The van der Waals surface area contributed by atoms with Crippen molar-refractivity contribution in [1.29, 1.82) is 0 Å². The maximum absolute atomic E-state index is 13.9. The Kier molecular flexibility index (Phi) is 5.87. The fourth-order valence-electron chi connectivity index (χ4n) is 4.19. The molecule has 36 heavy (non-hydrogen) atoms. The van der Waals surface area contributed by atoms with E-state index < -0.39 is 17.8 Å². The summed E-state index contributed by atoms with van der Waals surface area (Å²) in [4.78, 5) is 32.6. The fraction of sp³-hybridized carbons (Fsp3) is 0.192. The minimum Gasteiger partial charge on any atom is -0.383 e. The molecule has 1 aromatic carbocycles. The highest BCUT2D eigenvalue weighted by Crippen LogP contribution is 2.32. The Morgan fingerprint density at radius 1 is 1.11 bits per heavy atom. The number of benzene rings is 1. The molecule has 3 aromatic heterocycles. The lowest BCUT2D eigenvalue weighted by Crippen LogP contribution is -2.36. The molecular weight excluding hydrogens is 469 g/mol. The van der Waals surface area contributed by atoms with Gasteiger partial charge in [-0.25, -0.2) is 4.98 Å². The number of hydrogen-bond donors (Lipinski definition) is 1. The second-order valence-electron chi connectivity index (χ2n) is 8.53. The van der Waals surface area contributed by atoms with Gasteiger partial charge < -0.3 is 10.6 Å². The zero-order chi connectivity index (χ0) is 25.4. The first kappa shape index (κ1) is 23.4. The Hall–Kier alpha value is -4.34. The van der Waals surface area contributed by atoms with Crippen LogP contribution in [-0.2, 0) is 19.1 Å². The standard InChI is InChI=1S/C26H21F3N6O/c1-15-11-17-12-16(5-8-20(17)34-24(15)30)25(36)35(14-19-7-6-18(13-33-19)26(27,28)29)22-4-2-3-21-23(22)32-10-9-31-21/h2,4-13,22H,3,14H2,1H3,(H2,30,34)/t22-/m0/s1. The molecule has 0 aliphatic heterocycles. The molecule has 182 valence electrons. The van der Waals surface area contributed by atoms with Gasteiger partial charge in [-0.1, -0.05) is 12.2 Å². The number of anilines is 1. The number of amides is 1. The van der Waals surface area contributed by atoms with E-state index in [1.165, 1.54) is 11.0 Å². The molecule has 10 heteroatoms. The molecule has 0 unspecified atom stereocenters. The van der Waals surface area contributed by atoms with Crippen LogP contribution >= 0.6 is 0 Å². The molecule has 1 aliphatic rings. The van der Waals surface area contributed by atoms with Crippen molar-refractivity contribution in [3.05, 3.63) is 101 Å². The van der Waals surface area contributed by atoms with E-state index >= 15 is 0 Å². The highest BCUT2D eigenvalue weighted by molar-refractivity contribution is 5.98. The number of nitrogen functional groups attached to an aromatic ring is 1. The Morgan fingerprint density at radius 3 is 2.67 bits per heavy atom. The first-order valence-corrected chi connectivity index (χ1v) is 11.2. The number of fused-ring (bicyclic) bond motifs is 2. The Balaban J connectivity index is 1.55. The number of aryl methyl sites for hydroxylation is 1. The van der Waals surface area contributed by atoms with Crippen molar-refractivity contribution in [2.75, 3.05) is 5.73 Å². The summed E-state index contributed by atoms with van der Waals surface area (Å²) >= 11 is 0. The molecule has 4 aromatic rings.